The van der Waals surface area contributed by atoms with Crippen LogP contribution in [-0.2, 0) is 0 Å². The molecule has 2 rings (SSSR count). The van der Waals surface area contributed by atoms with Crippen molar-refractivity contribution in [2.75, 3.05) is 64.2 Å². The number of rotatable bonds is 6. The number of methoxy groups -OCH3 is 1. The van der Waals surface area contributed by atoms with Crippen molar-refractivity contribution in [1.82, 2.24) is 4.90 Å². The molecule has 0 saturated carbocycles. The van der Waals surface area contributed by atoms with Crippen LogP contribution in [0.4, 0.5) is 11.4 Å². The fraction of sp³-hybridized carbons (Fsp3) is 0.625. The van der Waals surface area contributed by atoms with Crippen molar-refractivity contribution < 1.29 is 4.74 Å². The molecule has 1 saturated heterocycles. The lowest BCUT2D eigenvalue weighted by Crippen LogP contribution is -2.29. The van der Waals surface area contributed by atoms with E-state index in [1.165, 1.54) is 37.3 Å². The van der Waals surface area contributed by atoms with Gasteiger partial charge in [0.2, 0.25) is 0 Å². The Bertz CT molecular complexity index is 428. The molecule has 0 radical (unpaired) electrons. The Morgan fingerprint density at radius 3 is 2.40 bits per heavy atom. The number of likely N-dealkylation sites (N-methyl/N-ethyl adjacent to an activating group) is 2. The average molecular weight is 277 g/mol. The van der Waals surface area contributed by atoms with Crippen molar-refractivity contribution in [3.63, 3.8) is 0 Å². The molecule has 1 aliphatic heterocycles. The van der Waals surface area contributed by atoms with Crippen molar-refractivity contribution in [2.45, 2.75) is 12.8 Å². The standard InChI is InChI=1S/C16H27N3O/c1-17(2)11-12-18(3)15-13-14(7-8-16(15)20-4)19-9-5-6-10-19/h7-8,13H,5-6,9-12H2,1-4H3. The van der Waals surface area contributed by atoms with Crippen LogP contribution in [0, 0.1) is 0 Å². The summed E-state index contributed by atoms with van der Waals surface area (Å²) in [6.45, 7) is 4.38. The Hall–Kier alpha value is -1.42. The molecule has 0 atom stereocenters. The van der Waals surface area contributed by atoms with E-state index in [2.05, 4.69) is 54.0 Å². The summed E-state index contributed by atoms with van der Waals surface area (Å²) in [4.78, 5) is 6.94. The van der Waals surface area contributed by atoms with Gasteiger partial charge in [-0.3, -0.25) is 0 Å². The third kappa shape index (κ3) is 3.57. The third-order valence-electron chi connectivity index (χ3n) is 3.93. The van der Waals surface area contributed by atoms with Gasteiger partial charge in [0.25, 0.3) is 0 Å². The fourth-order valence-electron chi connectivity index (χ4n) is 2.62. The van der Waals surface area contributed by atoms with E-state index in [4.69, 9.17) is 4.74 Å². The van der Waals surface area contributed by atoms with E-state index in [1.54, 1.807) is 7.11 Å². The van der Waals surface area contributed by atoms with Gasteiger partial charge >= 0.3 is 0 Å². The zero-order valence-corrected chi connectivity index (χ0v) is 13.2. The molecular weight excluding hydrogens is 250 g/mol. The van der Waals surface area contributed by atoms with E-state index in [9.17, 15) is 0 Å². The second-order valence-corrected chi connectivity index (χ2v) is 5.78. The molecule has 0 amide bonds. The monoisotopic (exact) mass is 277 g/mol. The van der Waals surface area contributed by atoms with Gasteiger partial charge in [-0.2, -0.15) is 0 Å². The molecule has 1 aromatic rings. The highest BCUT2D eigenvalue weighted by atomic mass is 16.5. The van der Waals surface area contributed by atoms with Gasteiger partial charge in [0.15, 0.2) is 0 Å². The third-order valence-corrected chi connectivity index (χ3v) is 3.93. The first kappa shape index (κ1) is 15.0. The number of nitrogens with zero attached hydrogens (tertiary/aromatic N) is 3. The molecule has 1 aliphatic rings. The largest absolute Gasteiger partial charge is 0.495 e. The van der Waals surface area contributed by atoms with Gasteiger partial charge in [-0.05, 0) is 45.1 Å². The highest BCUT2D eigenvalue weighted by Crippen LogP contribution is 2.33. The van der Waals surface area contributed by atoms with Crippen molar-refractivity contribution in [1.29, 1.82) is 0 Å². The van der Waals surface area contributed by atoms with Gasteiger partial charge in [0.1, 0.15) is 5.75 Å². The van der Waals surface area contributed by atoms with Crippen LogP contribution in [0.2, 0.25) is 0 Å². The molecular formula is C16H27N3O. The number of anilines is 2. The molecule has 0 N–H and O–H groups in total. The second-order valence-electron chi connectivity index (χ2n) is 5.78. The second kappa shape index (κ2) is 6.84. The Balaban J connectivity index is 2.17. The van der Waals surface area contributed by atoms with Gasteiger partial charge in [-0.25, -0.2) is 0 Å². The minimum Gasteiger partial charge on any atom is -0.495 e. The summed E-state index contributed by atoms with van der Waals surface area (Å²) in [5.41, 5.74) is 2.49. The first-order chi connectivity index (χ1) is 9.61. The van der Waals surface area contributed by atoms with Crippen LogP contribution in [0.3, 0.4) is 0 Å². The molecule has 1 aromatic carbocycles. The molecule has 4 heteroatoms. The highest BCUT2D eigenvalue weighted by molar-refractivity contribution is 5.67. The lowest BCUT2D eigenvalue weighted by Gasteiger charge is -2.26. The van der Waals surface area contributed by atoms with Gasteiger partial charge in [-0.1, -0.05) is 0 Å². The Labute approximate surface area is 122 Å². The van der Waals surface area contributed by atoms with Gasteiger partial charge < -0.3 is 19.4 Å². The van der Waals surface area contributed by atoms with Crippen molar-refractivity contribution in [3.8, 4) is 5.75 Å². The van der Waals surface area contributed by atoms with Crippen LogP contribution < -0.4 is 14.5 Å². The topological polar surface area (TPSA) is 19.0 Å². The molecule has 112 valence electrons. The van der Waals surface area contributed by atoms with Crippen LogP contribution >= 0.6 is 0 Å². The maximum Gasteiger partial charge on any atom is 0.142 e. The highest BCUT2D eigenvalue weighted by Gasteiger charge is 2.16. The molecule has 0 aliphatic carbocycles. The fourth-order valence-corrected chi connectivity index (χ4v) is 2.62. The number of ether oxygens (including phenoxy) is 1. The summed E-state index contributed by atoms with van der Waals surface area (Å²) in [6.07, 6.45) is 2.61. The average Bonchev–Trinajstić information content (AvgIpc) is 2.98. The van der Waals surface area contributed by atoms with E-state index in [-0.39, 0.29) is 0 Å². The van der Waals surface area contributed by atoms with Crippen LogP contribution in [0.5, 0.6) is 5.75 Å². The maximum atomic E-state index is 5.52. The Morgan fingerprint density at radius 1 is 1.10 bits per heavy atom. The van der Waals surface area contributed by atoms with Crippen molar-refractivity contribution in [3.05, 3.63) is 18.2 Å². The summed E-state index contributed by atoms with van der Waals surface area (Å²) in [7, 11) is 8.08. The van der Waals surface area contributed by atoms with Gasteiger partial charge in [0, 0.05) is 38.9 Å². The minimum absolute atomic E-state index is 0.953. The van der Waals surface area contributed by atoms with E-state index in [1.807, 2.05) is 0 Å². The number of benzene rings is 1. The SMILES string of the molecule is COc1ccc(N2CCCC2)cc1N(C)CCN(C)C. The van der Waals surface area contributed by atoms with Crippen LogP contribution in [-0.4, -0.2) is 59.3 Å². The summed E-state index contributed by atoms with van der Waals surface area (Å²) in [5.74, 6) is 0.953. The predicted octanol–water partition coefficient (Wildman–Crippen LogP) is 2.29. The first-order valence-corrected chi connectivity index (χ1v) is 7.40. The summed E-state index contributed by atoms with van der Waals surface area (Å²) in [6, 6.07) is 6.53. The molecule has 0 aromatic heterocycles. The first-order valence-electron chi connectivity index (χ1n) is 7.40. The molecule has 0 unspecified atom stereocenters. The molecule has 0 spiro atoms. The van der Waals surface area contributed by atoms with E-state index in [0.717, 1.165) is 18.8 Å². The van der Waals surface area contributed by atoms with E-state index < -0.39 is 0 Å². The molecule has 0 bridgehead atoms. The van der Waals surface area contributed by atoms with Crippen LogP contribution in [0.25, 0.3) is 0 Å². The predicted molar refractivity (Wildman–Crippen MR) is 86.3 cm³/mol. The van der Waals surface area contributed by atoms with Crippen molar-refractivity contribution >= 4 is 11.4 Å². The molecule has 20 heavy (non-hydrogen) atoms. The Morgan fingerprint density at radius 2 is 1.80 bits per heavy atom. The van der Waals surface area contributed by atoms with Crippen molar-refractivity contribution in [2.24, 2.45) is 0 Å². The lowest BCUT2D eigenvalue weighted by atomic mass is 10.2. The summed E-state index contributed by atoms with van der Waals surface area (Å²) in [5, 5.41) is 0. The van der Waals surface area contributed by atoms with Crippen LogP contribution in [0.15, 0.2) is 18.2 Å². The van der Waals surface area contributed by atoms with E-state index in [0.29, 0.717) is 0 Å². The molecule has 4 nitrogen and oxygen atoms in total. The smallest absolute Gasteiger partial charge is 0.142 e. The summed E-state index contributed by atoms with van der Waals surface area (Å²) >= 11 is 0. The van der Waals surface area contributed by atoms with E-state index >= 15 is 0 Å². The maximum absolute atomic E-state index is 5.52. The van der Waals surface area contributed by atoms with Gasteiger partial charge in [0.05, 0.1) is 12.8 Å². The molecule has 1 heterocycles. The number of hydrogen-bond acceptors (Lipinski definition) is 4. The number of hydrogen-bond donors (Lipinski definition) is 0. The summed E-state index contributed by atoms with van der Waals surface area (Å²) < 4.78 is 5.52. The normalized spacial score (nSPS) is 14.9. The van der Waals surface area contributed by atoms with Gasteiger partial charge in [-0.15, -0.1) is 0 Å². The zero-order valence-electron chi connectivity index (χ0n) is 13.2. The molecule has 1 fully saturated rings. The lowest BCUT2D eigenvalue weighted by molar-refractivity contribution is 0.406. The Kier molecular flexibility index (Phi) is 5.12. The zero-order chi connectivity index (χ0) is 14.5. The quantitative estimate of drug-likeness (QED) is 0.794. The minimum atomic E-state index is 0.953. The van der Waals surface area contributed by atoms with Crippen LogP contribution in [0.1, 0.15) is 12.8 Å².